The van der Waals surface area contributed by atoms with Crippen LogP contribution >= 0.6 is 7.82 Å². The molecule has 1 N–H and O–H groups in total. The normalized spacial score (nSPS) is 13.0. The fourth-order valence-electron chi connectivity index (χ4n) is 2.92. The second kappa shape index (κ2) is 8.43. The zero-order valence-electron chi connectivity index (χ0n) is 15.5. The van der Waals surface area contributed by atoms with Crippen LogP contribution < -0.4 is 9.05 Å². The predicted octanol–water partition coefficient (Wildman–Crippen LogP) is 5.65. The third-order valence-corrected chi connectivity index (χ3v) is 4.99. The van der Waals surface area contributed by atoms with Crippen LogP contribution in [0, 0.1) is 13.8 Å². The number of hydrogen-bond acceptors (Lipinski definition) is 3. The number of phosphoric ester groups is 1. The fraction of sp³-hybridized carbons (Fsp3) is 0.182. The first-order chi connectivity index (χ1) is 12.9. The van der Waals surface area contributed by atoms with Crippen LogP contribution in [0.25, 0.3) is 0 Å². The Labute approximate surface area is 160 Å². The summed E-state index contributed by atoms with van der Waals surface area (Å²) in [5.74, 6) is 0.617. The van der Waals surface area contributed by atoms with E-state index in [1.807, 2.05) is 50.2 Å². The zero-order chi connectivity index (χ0) is 19.3. The molecule has 0 fully saturated rings. The molecule has 4 nitrogen and oxygen atoms in total. The van der Waals surface area contributed by atoms with Gasteiger partial charge in [0.25, 0.3) is 0 Å². The molecule has 0 aliphatic carbocycles. The van der Waals surface area contributed by atoms with Gasteiger partial charge >= 0.3 is 7.82 Å². The van der Waals surface area contributed by atoms with Crippen LogP contribution in [0.5, 0.6) is 11.5 Å². The van der Waals surface area contributed by atoms with E-state index >= 15 is 0 Å². The van der Waals surface area contributed by atoms with Crippen LogP contribution in [-0.4, -0.2) is 4.89 Å². The van der Waals surface area contributed by atoms with Crippen LogP contribution in [0.2, 0.25) is 0 Å². The topological polar surface area (TPSA) is 55.8 Å². The van der Waals surface area contributed by atoms with Gasteiger partial charge in [-0.05, 0) is 73.2 Å². The van der Waals surface area contributed by atoms with Crippen molar-refractivity contribution in [2.24, 2.45) is 0 Å². The Morgan fingerprint density at radius 3 is 1.85 bits per heavy atom. The van der Waals surface area contributed by atoms with Crippen molar-refractivity contribution >= 4 is 7.82 Å². The Morgan fingerprint density at radius 1 is 0.741 bits per heavy atom. The maximum absolute atomic E-state index is 12.3. The highest BCUT2D eigenvalue weighted by molar-refractivity contribution is 7.48. The van der Waals surface area contributed by atoms with Gasteiger partial charge in [-0.1, -0.05) is 48.5 Å². The summed E-state index contributed by atoms with van der Waals surface area (Å²) >= 11 is 0. The van der Waals surface area contributed by atoms with Gasteiger partial charge in [0.05, 0.1) is 0 Å². The van der Waals surface area contributed by atoms with E-state index in [1.54, 1.807) is 24.3 Å². The minimum Gasteiger partial charge on any atom is -0.395 e. The van der Waals surface area contributed by atoms with Crippen molar-refractivity contribution in [3.8, 4) is 11.5 Å². The van der Waals surface area contributed by atoms with E-state index in [2.05, 4.69) is 12.1 Å². The van der Waals surface area contributed by atoms with E-state index in [4.69, 9.17) is 9.05 Å². The molecular formula is C22H23O4P. The van der Waals surface area contributed by atoms with Gasteiger partial charge < -0.3 is 9.05 Å². The molecule has 0 aliphatic heterocycles. The summed E-state index contributed by atoms with van der Waals surface area (Å²) < 4.78 is 22.7. The molecule has 3 aromatic carbocycles. The minimum atomic E-state index is -4.25. The van der Waals surface area contributed by atoms with Crippen molar-refractivity contribution in [1.82, 2.24) is 0 Å². The van der Waals surface area contributed by atoms with Crippen LogP contribution in [0.4, 0.5) is 0 Å². The fourth-order valence-corrected chi connectivity index (χ4v) is 3.72. The van der Waals surface area contributed by atoms with Crippen molar-refractivity contribution < 1.29 is 18.5 Å². The lowest BCUT2D eigenvalue weighted by Crippen LogP contribution is -2.00. The number of benzene rings is 3. The molecule has 0 heterocycles. The highest BCUT2D eigenvalue weighted by atomic mass is 31.2. The van der Waals surface area contributed by atoms with Crippen LogP contribution in [-0.2, 0) is 17.4 Å². The van der Waals surface area contributed by atoms with Gasteiger partial charge in [-0.15, -0.1) is 0 Å². The van der Waals surface area contributed by atoms with E-state index < -0.39 is 7.82 Å². The van der Waals surface area contributed by atoms with Gasteiger partial charge in [0.2, 0.25) is 0 Å². The molecule has 0 radical (unpaired) electrons. The Morgan fingerprint density at radius 2 is 1.26 bits per heavy atom. The molecule has 3 rings (SSSR count). The molecule has 3 aromatic rings. The minimum absolute atomic E-state index is 0.300. The second-order valence-electron chi connectivity index (χ2n) is 6.60. The molecular weight excluding hydrogens is 359 g/mol. The zero-order valence-corrected chi connectivity index (χ0v) is 16.4. The van der Waals surface area contributed by atoms with Crippen molar-refractivity contribution in [3.05, 3.63) is 95.1 Å². The largest absolute Gasteiger partial charge is 0.584 e. The van der Waals surface area contributed by atoms with E-state index in [1.165, 1.54) is 5.56 Å². The lowest BCUT2D eigenvalue weighted by atomic mass is 10.0. The molecule has 5 heteroatoms. The Bertz CT molecular complexity index is 916. The smallest absolute Gasteiger partial charge is 0.395 e. The molecule has 0 amide bonds. The summed E-state index contributed by atoms with van der Waals surface area (Å²) in [6.07, 6.45) is 1.83. The van der Waals surface area contributed by atoms with Gasteiger partial charge in [0.15, 0.2) is 0 Å². The van der Waals surface area contributed by atoms with Gasteiger partial charge in [0.1, 0.15) is 11.5 Å². The first-order valence-corrected chi connectivity index (χ1v) is 10.3. The van der Waals surface area contributed by atoms with Gasteiger partial charge in [0, 0.05) is 0 Å². The Balaban J connectivity index is 1.60. The molecule has 0 saturated carbocycles. The molecule has 0 saturated heterocycles. The highest BCUT2D eigenvalue weighted by Crippen LogP contribution is 2.44. The third kappa shape index (κ3) is 5.99. The molecule has 27 heavy (non-hydrogen) atoms. The Hall–Kier alpha value is -2.55. The van der Waals surface area contributed by atoms with Crippen molar-refractivity contribution in [3.63, 3.8) is 0 Å². The summed E-state index contributed by atoms with van der Waals surface area (Å²) in [5.41, 5.74) is 4.31. The Kier molecular flexibility index (Phi) is 6.00. The molecule has 0 aliphatic rings. The average molecular weight is 382 g/mol. The highest BCUT2D eigenvalue weighted by Gasteiger charge is 2.25. The summed E-state index contributed by atoms with van der Waals surface area (Å²) in [6.45, 7) is 3.80. The van der Waals surface area contributed by atoms with Gasteiger partial charge in [-0.3, -0.25) is 4.89 Å². The molecule has 0 spiro atoms. The van der Waals surface area contributed by atoms with Crippen molar-refractivity contribution in [1.29, 1.82) is 0 Å². The standard InChI is InChI=1S/C22H23O4P/c1-17-14-18(2)16-22(15-17)26-27(23,24)25-21-12-10-20(11-13-21)9-8-19-6-4-3-5-7-19/h3-7,10-16H,8-9H2,1-2H3,(H,23,24). The van der Waals surface area contributed by atoms with Crippen LogP contribution in [0.1, 0.15) is 22.3 Å². The maximum Gasteiger partial charge on any atom is 0.584 e. The summed E-state index contributed by atoms with van der Waals surface area (Å²) in [7, 11) is -4.25. The first-order valence-electron chi connectivity index (χ1n) is 8.83. The summed E-state index contributed by atoms with van der Waals surface area (Å²) in [5, 5.41) is 0. The number of aryl methyl sites for hydroxylation is 4. The van der Waals surface area contributed by atoms with Crippen LogP contribution in [0.15, 0.2) is 72.8 Å². The number of hydrogen-bond donors (Lipinski definition) is 1. The second-order valence-corrected chi connectivity index (χ2v) is 7.91. The summed E-state index contributed by atoms with van der Waals surface area (Å²) in [4.78, 5) is 10.0. The summed E-state index contributed by atoms with van der Waals surface area (Å²) in [6, 6.07) is 22.8. The maximum atomic E-state index is 12.3. The molecule has 1 atom stereocenters. The molecule has 0 bridgehead atoms. The van der Waals surface area contributed by atoms with Crippen molar-refractivity contribution in [2.75, 3.05) is 0 Å². The first kappa shape index (κ1) is 19.2. The molecule has 140 valence electrons. The van der Waals surface area contributed by atoms with E-state index in [0.29, 0.717) is 11.5 Å². The average Bonchev–Trinajstić information content (AvgIpc) is 2.60. The van der Waals surface area contributed by atoms with E-state index in [9.17, 15) is 9.46 Å². The monoisotopic (exact) mass is 382 g/mol. The van der Waals surface area contributed by atoms with Crippen molar-refractivity contribution in [2.45, 2.75) is 26.7 Å². The lowest BCUT2D eigenvalue weighted by molar-refractivity contribution is 0.291. The molecule has 0 aromatic heterocycles. The number of rotatable bonds is 7. The number of phosphoric acid groups is 1. The van der Waals surface area contributed by atoms with E-state index in [-0.39, 0.29) is 0 Å². The SMILES string of the molecule is Cc1cc(C)cc(OP(=O)(O)Oc2ccc(CCc3ccccc3)cc2)c1. The third-order valence-electron chi connectivity index (χ3n) is 4.11. The van der Waals surface area contributed by atoms with Crippen LogP contribution in [0.3, 0.4) is 0 Å². The predicted molar refractivity (Wildman–Crippen MR) is 107 cm³/mol. The lowest BCUT2D eigenvalue weighted by Gasteiger charge is -2.15. The molecule has 1 unspecified atom stereocenters. The van der Waals surface area contributed by atoms with Gasteiger partial charge in [-0.25, -0.2) is 4.57 Å². The quantitative estimate of drug-likeness (QED) is 0.537. The van der Waals surface area contributed by atoms with Gasteiger partial charge in [-0.2, -0.15) is 0 Å². The van der Waals surface area contributed by atoms with E-state index in [0.717, 1.165) is 29.5 Å².